The highest BCUT2D eigenvalue weighted by Gasteiger charge is 2.22. The molecular formula is C22H27NO3. The Bertz CT molecular complexity index is 676. The van der Waals surface area contributed by atoms with Gasteiger partial charge in [-0.3, -0.25) is 4.79 Å². The summed E-state index contributed by atoms with van der Waals surface area (Å²) in [6.07, 6.45) is 2.49. The first-order chi connectivity index (χ1) is 12.7. The third-order valence-corrected chi connectivity index (χ3v) is 4.95. The molecule has 3 rings (SSSR count). The zero-order valence-corrected chi connectivity index (χ0v) is 15.4. The number of nitrogens with zero attached hydrogens (tertiary/aromatic N) is 1. The van der Waals surface area contributed by atoms with Crippen LogP contribution >= 0.6 is 0 Å². The van der Waals surface area contributed by atoms with Crippen LogP contribution in [0.15, 0.2) is 54.6 Å². The van der Waals surface area contributed by atoms with Crippen LogP contribution in [0, 0.1) is 5.92 Å². The van der Waals surface area contributed by atoms with E-state index in [2.05, 4.69) is 12.1 Å². The molecule has 4 heteroatoms. The summed E-state index contributed by atoms with van der Waals surface area (Å²) >= 11 is 0. The number of likely N-dealkylation sites (tertiary alicyclic amines) is 1. The first-order valence-electron chi connectivity index (χ1n) is 9.27. The Morgan fingerprint density at radius 1 is 1.00 bits per heavy atom. The molecule has 0 saturated carbocycles. The molecule has 1 heterocycles. The second kappa shape index (κ2) is 9.39. The van der Waals surface area contributed by atoms with Crippen molar-refractivity contribution in [1.82, 2.24) is 4.90 Å². The Morgan fingerprint density at radius 3 is 2.35 bits per heavy atom. The predicted octanol–water partition coefficient (Wildman–Crippen LogP) is 3.69. The maximum atomic E-state index is 12.5. The van der Waals surface area contributed by atoms with Gasteiger partial charge in [-0.25, -0.2) is 0 Å². The number of benzene rings is 2. The predicted molar refractivity (Wildman–Crippen MR) is 102 cm³/mol. The van der Waals surface area contributed by atoms with Crippen molar-refractivity contribution in [2.75, 3.05) is 26.8 Å². The lowest BCUT2D eigenvalue weighted by atomic mass is 9.97. The Balaban J connectivity index is 1.37. The normalized spacial score (nSPS) is 15.0. The van der Waals surface area contributed by atoms with Crippen LogP contribution in [-0.2, 0) is 22.6 Å². The summed E-state index contributed by atoms with van der Waals surface area (Å²) in [5.41, 5.74) is 2.24. The Labute approximate surface area is 155 Å². The highest BCUT2D eigenvalue weighted by Crippen LogP contribution is 2.19. The smallest absolute Gasteiger partial charge is 0.226 e. The van der Waals surface area contributed by atoms with Crippen molar-refractivity contribution in [3.8, 4) is 5.75 Å². The van der Waals surface area contributed by atoms with Crippen molar-refractivity contribution in [3.05, 3.63) is 65.7 Å². The number of rotatable bonds is 7. The van der Waals surface area contributed by atoms with Gasteiger partial charge in [0, 0.05) is 19.7 Å². The molecule has 2 aromatic carbocycles. The molecule has 0 radical (unpaired) electrons. The number of hydrogen-bond donors (Lipinski definition) is 0. The summed E-state index contributed by atoms with van der Waals surface area (Å²) in [4.78, 5) is 14.5. The van der Waals surface area contributed by atoms with E-state index in [0.29, 0.717) is 18.9 Å². The minimum Gasteiger partial charge on any atom is -0.497 e. The number of piperidine rings is 1. The summed E-state index contributed by atoms with van der Waals surface area (Å²) in [5.74, 6) is 1.57. The lowest BCUT2D eigenvalue weighted by molar-refractivity contribution is -0.132. The highest BCUT2D eigenvalue weighted by molar-refractivity contribution is 5.78. The van der Waals surface area contributed by atoms with E-state index < -0.39 is 0 Å². The number of carbonyl (C=O) groups excluding carboxylic acids is 1. The zero-order valence-electron chi connectivity index (χ0n) is 15.4. The maximum Gasteiger partial charge on any atom is 0.226 e. The fourth-order valence-electron chi connectivity index (χ4n) is 3.30. The average Bonchev–Trinajstić information content (AvgIpc) is 2.70. The zero-order chi connectivity index (χ0) is 18.2. The number of hydrogen-bond acceptors (Lipinski definition) is 3. The van der Waals surface area contributed by atoms with Gasteiger partial charge in [0.25, 0.3) is 0 Å². The molecular weight excluding hydrogens is 326 g/mol. The molecule has 1 amide bonds. The van der Waals surface area contributed by atoms with Gasteiger partial charge in [0.05, 0.1) is 20.1 Å². The molecule has 0 atom stereocenters. The van der Waals surface area contributed by atoms with Gasteiger partial charge in [-0.2, -0.15) is 0 Å². The quantitative estimate of drug-likeness (QED) is 0.762. The molecule has 0 aliphatic carbocycles. The molecule has 1 aliphatic rings. The van der Waals surface area contributed by atoms with Gasteiger partial charge in [0.1, 0.15) is 5.75 Å². The number of amides is 1. The van der Waals surface area contributed by atoms with Crippen LogP contribution in [0.4, 0.5) is 0 Å². The maximum absolute atomic E-state index is 12.5. The van der Waals surface area contributed by atoms with Crippen molar-refractivity contribution < 1.29 is 14.3 Å². The molecule has 0 unspecified atom stereocenters. The van der Waals surface area contributed by atoms with E-state index >= 15 is 0 Å². The number of methoxy groups -OCH3 is 1. The topological polar surface area (TPSA) is 38.8 Å². The van der Waals surface area contributed by atoms with Crippen LogP contribution in [0.2, 0.25) is 0 Å². The van der Waals surface area contributed by atoms with Gasteiger partial charge in [-0.05, 0) is 42.0 Å². The largest absolute Gasteiger partial charge is 0.497 e. The molecule has 0 bridgehead atoms. The first kappa shape index (κ1) is 18.5. The molecule has 0 spiro atoms. The molecule has 138 valence electrons. The van der Waals surface area contributed by atoms with Crippen molar-refractivity contribution in [2.45, 2.75) is 25.9 Å². The standard InChI is InChI=1S/C22H27NO3/c1-25-21-9-7-18(8-10-21)15-22(24)23-13-11-20(12-14-23)17-26-16-19-5-3-2-4-6-19/h2-10,20H,11-17H2,1H3. The average molecular weight is 353 g/mol. The molecule has 0 aromatic heterocycles. The Hall–Kier alpha value is -2.33. The van der Waals surface area contributed by atoms with Crippen LogP contribution < -0.4 is 4.74 Å². The summed E-state index contributed by atoms with van der Waals surface area (Å²) in [7, 11) is 1.65. The lowest BCUT2D eigenvalue weighted by Gasteiger charge is -2.32. The number of ether oxygens (including phenoxy) is 2. The summed E-state index contributed by atoms with van der Waals surface area (Å²) in [6.45, 7) is 3.09. The van der Waals surface area contributed by atoms with E-state index in [4.69, 9.17) is 9.47 Å². The van der Waals surface area contributed by atoms with Crippen LogP contribution in [0.25, 0.3) is 0 Å². The molecule has 4 nitrogen and oxygen atoms in total. The van der Waals surface area contributed by atoms with Gasteiger partial charge in [0.15, 0.2) is 0 Å². The second-order valence-corrected chi connectivity index (χ2v) is 6.85. The number of carbonyl (C=O) groups is 1. The molecule has 1 aliphatic heterocycles. The van der Waals surface area contributed by atoms with E-state index in [1.54, 1.807) is 7.11 Å². The van der Waals surface area contributed by atoms with Crippen molar-refractivity contribution in [3.63, 3.8) is 0 Å². The fraction of sp³-hybridized carbons (Fsp3) is 0.409. The van der Waals surface area contributed by atoms with Gasteiger partial charge >= 0.3 is 0 Å². The summed E-state index contributed by atoms with van der Waals surface area (Å²) in [5, 5.41) is 0. The lowest BCUT2D eigenvalue weighted by Crippen LogP contribution is -2.40. The van der Waals surface area contributed by atoms with Crippen LogP contribution in [-0.4, -0.2) is 37.6 Å². The molecule has 1 saturated heterocycles. The van der Waals surface area contributed by atoms with Crippen LogP contribution in [0.1, 0.15) is 24.0 Å². The van der Waals surface area contributed by atoms with Gasteiger partial charge in [-0.15, -0.1) is 0 Å². The third-order valence-electron chi connectivity index (χ3n) is 4.95. The van der Waals surface area contributed by atoms with Gasteiger partial charge in [-0.1, -0.05) is 42.5 Å². The monoisotopic (exact) mass is 353 g/mol. The van der Waals surface area contributed by atoms with Crippen molar-refractivity contribution in [2.24, 2.45) is 5.92 Å². The summed E-state index contributed by atoms with van der Waals surface area (Å²) < 4.78 is 11.0. The van der Waals surface area contributed by atoms with E-state index in [1.807, 2.05) is 47.4 Å². The van der Waals surface area contributed by atoms with Crippen LogP contribution in [0.5, 0.6) is 5.75 Å². The van der Waals surface area contributed by atoms with E-state index in [1.165, 1.54) is 5.56 Å². The Kier molecular flexibility index (Phi) is 6.67. The molecule has 2 aromatic rings. The minimum absolute atomic E-state index is 0.207. The SMILES string of the molecule is COc1ccc(CC(=O)N2CCC(COCc3ccccc3)CC2)cc1. The third kappa shape index (κ3) is 5.33. The molecule has 26 heavy (non-hydrogen) atoms. The van der Waals surface area contributed by atoms with Crippen molar-refractivity contribution >= 4 is 5.91 Å². The first-order valence-corrected chi connectivity index (χ1v) is 9.27. The van der Waals surface area contributed by atoms with E-state index in [0.717, 1.165) is 43.9 Å². The van der Waals surface area contributed by atoms with Crippen LogP contribution in [0.3, 0.4) is 0 Å². The van der Waals surface area contributed by atoms with E-state index in [-0.39, 0.29) is 5.91 Å². The highest BCUT2D eigenvalue weighted by atomic mass is 16.5. The van der Waals surface area contributed by atoms with Gasteiger partial charge < -0.3 is 14.4 Å². The van der Waals surface area contributed by atoms with Crippen molar-refractivity contribution in [1.29, 1.82) is 0 Å². The molecule has 1 fully saturated rings. The minimum atomic E-state index is 0.207. The van der Waals surface area contributed by atoms with E-state index in [9.17, 15) is 4.79 Å². The summed E-state index contributed by atoms with van der Waals surface area (Å²) in [6, 6.07) is 18.0. The fourth-order valence-corrected chi connectivity index (χ4v) is 3.30. The second-order valence-electron chi connectivity index (χ2n) is 6.85. The molecule has 0 N–H and O–H groups in total. The Morgan fingerprint density at radius 2 is 1.69 bits per heavy atom. The van der Waals surface area contributed by atoms with Gasteiger partial charge in [0.2, 0.25) is 5.91 Å².